The molecule has 0 spiro atoms. The van der Waals surface area contributed by atoms with Crippen molar-refractivity contribution in [2.24, 2.45) is 0 Å². The van der Waals surface area contributed by atoms with Crippen LogP contribution >= 0.6 is 0 Å². The molecule has 232 valence electrons. The molecule has 2 atom stereocenters. The number of rotatable bonds is 8. The number of nitrogens with zero attached hydrogens (tertiary/aromatic N) is 2. The van der Waals surface area contributed by atoms with Crippen LogP contribution in [0.1, 0.15) is 52.3 Å². The van der Waals surface area contributed by atoms with Crippen LogP contribution in [0, 0.1) is 20.8 Å². The third-order valence-corrected chi connectivity index (χ3v) is 10.5. The first-order valence-corrected chi connectivity index (χ1v) is 16.8. The van der Waals surface area contributed by atoms with E-state index in [9.17, 15) is 13.2 Å². The molecule has 2 unspecified atom stereocenters. The Labute approximate surface area is 265 Å². The molecule has 1 saturated heterocycles. The average Bonchev–Trinajstić information content (AvgIpc) is 3.51. The van der Waals surface area contributed by atoms with Gasteiger partial charge in [-0.15, -0.1) is 0 Å². The van der Waals surface area contributed by atoms with Crippen molar-refractivity contribution in [3.8, 4) is 0 Å². The topological polar surface area (TPSA) is 80.6 Å². The highest BCUT2D eigenvalue weighted by molar-refractivity contribution is 7.90. The molecular formula is C37H39N3O4S. The van der Waals surface area contributed by atoms with E-state index in [-0.39, 0.29) is 23.6 Å². The Morgan fingerprint density at radius 2 is 1.58 bits per heavy atom. The summed E-state index contributed by atoms with van der Waals surface area (Å²) in [5, 5.41) is 4.05. The summed E-state index contributed by atoms with van der Waals surface area (Å²) in [6, 6.07) is 31.1. The second kappa shape index (κ2) is 12.9. The molecule has 4 aromatic carbocycles. The zero-order valence-corrected chi connectivity index (χ0v) is 26.8. The minimum atomic E-state index is -3.77. The number of aromatic nitrogens is 1. The number of likely N-dealkylation sites (tertiary alicyclic amines) is 1. The summed E-state index contributed by atoms with van der Waals surface area (Å²) in [6.07, 6.45) is 2.79. The normalized spacial score (nSPS) is 17.3. The summed E-state index contributed by atoms with van der Waals surface area (Å²) in [7, 11) is -3.77. The number of fused-ring (bicyclic) bond motifs is 1. The van der Waals surface area contributed by atoms with E-state index < -0.39 is 16.1 Å². The Morgan fingerprint density at radius 3 is 2.29 bits per heavy atom. The molecule has 0 bridgehead atoms. The first-order chi connectivity index (χ1) is 21.7. The third-order valence-electron chi connectivity index (χ3n) is 8.83. The molecule has 8 heteroatoms. The number of hydrogen-bond acceptors (Lipinski definition) is 5. The van der Waals surface area contributed by atoms with Crippen molar-refractivity contribution in [2.45, 2.75) is 63.7 Å². The van der Waals surface area contributed by atoms with E-state index >= 15 is 0 Å². The SMILES string of the molecule is Cc1ccc(S(=O)(=O)n2ccc3c(CN4CCC(NC(=O)OCc5ccccc5)CC4c4ccccc4)c(C)cc(C)c32)cc1. The van der Waals surface area contributed by atoms with E-state index in [0.29, 0.717) is 12.1 Å². The number of amides is 1. The van der Waals surface area contributed by atoms with Gasteiger partial charge in [0, 0.05) is 36.8 Å². The number of ether oxygens (including phenoxy) is 1. The van der Waals surface area contributed by atoms with Crippen LogP contribution in [0.15, 0.2) is 108 Å². The highest BCUT2D eigenvalue weighted by Gasteiger charge is 2.32. The van der Waals surface area contributed by atoms with Crippen molar-refractivity contribution in [1.29, 1.82) is 0 Å². The average molecular weight is 622 g/mol. The molecule has 2 heterocycles. The highest BCUT2D eigenvalue weighted by atomic mass is 32.2. The van der Waals surface area contributed by atoms with Gasteiger partial charge in [0.2, 0.25) is 0 Å². The van der Waals surface area contributed by atoms with E-state index in [1.807, 2.05) is 80.6 Å². The summed E-state index contributed by atoms with van der Waals surface area (Å²) in [4.78, 5) is 15.4. The van der Waals surface area contributed by atoms with E-state index in [0.717, 1.165) is 52.6 Å². The van der Waals surface area contributed by atoms with Crippen LogP contribution in [0.5, 0.6) is 0 Å². The zero-order valence-electron chi connectivity index (χ0n) is 25.9. The maximum atomic E-state index is 13.8. The number of carbonyl (C=O) groups is 1. The lowest BCUT2D eigenvalue weighted by Crippen LogP contribution is -2.46. The van der Waals surface area contributed by atoms with Gasteiger partial charge in [-0.2, -0.15) is 0 Å². The maximum absolute atomic E-state index is 13.8. The largest absolute Gasteiger partial charge is 0.445 e. The van der Waals surface area contributed by atoms with Gasteiger partial charge in [-0.05, 0) is 79.6 Å². The molecule has 7 nitrogen and oxygen atoms in total. The van der Waals surface area contributed by atoms with Gasteiger partial charge in [0.15, 0.2) is 0 Å². The molecule has 5 aromatic rings. The summed E-state index contributed by atoms with van der Waals surface area (Å²) in [5.41, 5.74) is 7.02. The van der Waals surface area contributed by atoms with Crippen LogP contribution in [-0.4, -0.2) is 36.0 Å². The molecule has 1 aliphatic heterocycles. The van der Waals surface area contributed by atoms with Gasteiger partial charge in [0.05, 0.1) is 10.4 Å². The number of piperidine rings is 1. The lowest BCUT2D eigenvalue weighted by atomic mass is 9.90. The van der Waals surface area contributed by atoms with E-state index in [2.05, 4.69) is 35.3 Å². The van der Waals surface area contributed by atoms with Gasteiger partial charge in [-0.25, -0.2) is 17.2 Å². The first-order valence-electron chi connectivity index (χ1n) is 15.4. The van der Waals surface area contributed by atoms with Crippen LogP contribution in [0.25, 0.3) is 10.9 Å². The van der Waals surface area contributed by atoms with Crippen LogP contribution in [0.4, 0.5) is 4.79 Å². The number of nitrogens with one attached hydrogen (secondary N) is 1. The molecular weight excluding hydrogens is 582 g/mol. The predicted molar refractivity (Wildman–Crippen MR) is 178 cm³/mol. The Hall–Kier alpha value is -4.40. The standard InChI is InChI=1S/C37H39N3O4S/c1-26-14-16-32(17-15-26)45(42,43)40-21-19-33-34(27(2)22-28(3)36(33)40)24-39-20-18-31(23-35(39)30-12-8-5-9-13-30)38-37(41)44-25-29-10-6-4-7-11-29/h4-17,19,21-22,31,35H,18,20,23-25H2,1-3H3,(H,38,41). The smallest absolute Gasteiger partial charge is 0.407 e. The highest BCUT2D eigenvalue weighted by Crippen LogP contribution is 2.36. The number of hydrogen-bond donors (Lipinski definition) is 1. The molecule has 6 rings (SSSR count). The molecule has 1 fully saturated rings. The summed E-state index contributed by atoms with van der Waals surface area (Å²) in [6.45, 7) is 7.67. The van der Waals surface area contributed by atoms with Gasteiger partial charge >= 0.3 is 6.09 Å². The Bertz CT molecular complexity index is 1900. The summed E-state index contributed by atoms with van der Waals surface area (Å²) < 4.78 is 34.5. The van der Waals surface area contributed by atoms with Crippen LogP contribution in [-0.2, 0) is 27.9 Å². The van der Waals surface area contributed by atoms with E-state index in [4.69, 9.17) is 4.74 Å². The molecule has 1 amide bonds. The van der Waals surface area contributed by atoms with Gasteiger partial charge in [-0.3, -0.25) is 4.90 Å². The lowest BCUT2D eigenvalue weighted by Gasteiger charge is -2.40. The summed E-state index contributed by atoms with van der Waals surface area (Å²) in [5.74, 6) is 0. The molecule has 1 aliphatic rings. The molecule has 0 radical (unpaired) electrons. The zero-order chi connectivity index (χ0) is 31.6. The van der Waals surface area contributed by atoms with Crippen LogP contribution < -0.4 is 5.32 Å². The molecule has 1 N–H and O–H groups in total. The monoisotopic (exact) mass is 621 g/mol. The fourth-order valence-corrected chi connectivity index (χ4v) is 7.87. The Morgan fingerprint density at radius 1 is 0.889 bits per heavy atom. The number of carbonyl (C=O) groups excluding carboxylic acids is 1. The van der Waals surface area contributed by atoms with Crippen molar-refractivity contribution < 1.29 is 17.9 Å². The van der Waals surface area contributed by atoms with Crippen molar-refractivity contribution >= 4 is 27.0 Å². The van der Waals surface area contributed by atoms with Crippen LogP contribution in [0.2, 0.25) is 0 Å². The van der Waals surface area contributed by atoms with Gasteiger partial charge < -0.3 is 10.1 Å². The van der Waals surface area contributed by atoms with Gasteiger partial charge in [-0.1, -0.05) is 84.4 Å². The van der Waals surface area contributed by atoms with Crippen LogP contribution in [0.3, 0.4) is 0 Å². The van der Waals surface area contributed by atoms with Crippen molar-refractivity contribution in [1.82, 2.24) is 14.2 Å². The minimum absolute atomic E-state index is 0.0328. The van der Waals surface area contributed by atoms with Crippen molar-refractivity contribution in [3.63, 3.8) is 0 Å². The second-order valence-electron chi connectivity index (χ2n) is 12.0. The maximum Gasteiger partial charge on any atom is 0.407 e. The van der Waals surface area contributed by atoms with Crippen molar-refractivity contribution in [3.05, 3.63) is 137 Å². The lowest BCUT2D eigenvalue weighted by molar-refractivity contribution is 0.101. The molecule has 0 aliphatic carbocycles. The van der Waals surface area contributed by atoms with Gasteiger partial charge in [0.1, 0.15) is 6.61 Å². The number of benzene rings is 4. The molecule has 0 saturated carbocycles. The third kappa shape index (κ3) is 6.53. The number of alkyl carbamates (subject to hydrolysis) is 1. The van der Waals surface area contributed by atoms with E-state index in [1.165, 1.54) is 9.54 Å². The minimum Gasteiger partial charge on any atom is -0.445 e. The fourth-order valence-electron chi connectivity index (χ4n) is 6.46. The van der Waals surface area contributed by atoms with Gasteiger partial charge in [0.25, 0.3) is 10.0 Å². The first kappa shape index (κ1) is 30.6. The Balaban J connectivity index is 1.26. The predicted octanol–water partition coefficient (Wildman–Crippen LogP) is 7.44. The molecule has 45 heavy (non-hydrogen) atoms. The number of aryl methyl sites for hydroxylation is 3. The van der Waals surface area contributed by atoms with Crippen molar-refractivity contribution in [2.75, 3.05) is 6.54 Å². The Kier molecular flexibility index (Phi) is 8.79. The fraction of sp³-hybridized carbons (Fsp3) is 0.270. The summed E-state index contributed by atoms with van der Waals surface area (Å²) >= 11 is 0. The molecule has 1 aromatic heterocycles. The quantitative estimate of drug-likeness (QED) is 0.195. The van der Waals surface area contributed by atoms with E-state index in [1.54, 1.807) is 18.3 Å². The second-order valence-corrected chi connectivity index (χ2v) is 13.8.